The molecule has 0 radical (unpaired) electrons. The van der Waals surface area contributed by atoms with Gasteiger partial charge in [-0.3, -0.25) is 14.5 Å². The smallest absolute Gasteiger partial charge is 0.300 e. The average molecular weight is 462 g/mol. The molecule has 0 bridgehead atoms. The van der Waals surface area contributed by atoms with E-state index in [2.05, 4.69) is 0 Å². The molecule has 1 fully saturated rings. The fourth-order valence-corrected chi connectivity index (χ4v) is 4.24. The zero-order valence-electron chi connectivity index (χ0n) is 18.4. The molecule has 1 aliphatic rings. The number of phenolic OH excluding ortho intramolecular Hbond substituents is 1. The van der Waals surface area contributed by atoms with Gasteiger partial charge in [0.05, 0.1) is 16.6 Å². The Bertz CT molecular complexity index is 1250. The predicted molar refractivity (Wildman–Crippen MR) is 130 cm³/mol. The number of aliphatic hydroxyl groups is 1. The monoisotopic (exact) mass is 461 g/mol. The Labute approximate surface area is 197 Å². The number of nitrogens with zero attached hydrogens (tertiary/aromatic N) is 1. The fourth-order valence-electron chi connectivity index (χ4n) is 4.05. The Morgan fingerprint density at radius 1 is 0.909 bits per heavy atom. The van der Waals surface area contributed by atoms with Crippen LogP contribution in [0.3, 0.4) is 0 Å². The van der Waals surface area contributed by atoms with Crippen LogP contribution in [0.4, 0.5) is 5.69 Å². The van der Waals surface area contributed by atoms with Crippen molar-refractivity contribution in [2.45, 2.75) is 32.7 Å². The van der Waals surface area contributed by atoms with Gasteiger partial charge in [-0.05, 0) is 53.8 Å². The second-order valence-corrected chi connectivity index (χ2v) is 8.36. The summed E-state index contributed by atoms with van der Waals surface area (Å²) in [6, 6.07) is 18.2. The number of hydrogen-bond donors (Lipinski definition) is 2. The normalized spacial score (nSPS) is 17.5. The number of halogens is 1. The van der Waals surface area contributed by atoms with Crippen LogP contribution >= 0.6 is 11.6 Å². The summed E-state index contributed by atoms with van der Waals surface area (Å²) < 4.78 is 0. The highest BCUT2D eigenvalue weighted by Crippen LogP contribution is 2.43. The van der Waals surface area contributed by atoms with E-state index in [4.69, 9.17) is 11.6 Å². The van der Waals surface area contributed by atoms with Gasteiger partial charge in [0, 0.05) is 11.3 Å². The van der Waals surface area contributed by atoms with Crippen molar-refractivity contribution in [2.24, 2.45) is 0 Å². The third-order valence-corrected chi connectivity index (χ3v) is 6.29. The summed E-state index contributed by atoms with van der Waals surface area (Å²) in [6.45, 7) is 4.06. The number of amides is 1. The molecule has 1 aliphatic heterocycles. The summed E-state index contributed by atoms with van der Waals surface area (Å²) in [4.78, 5) is 27.8. The third kappa shape index (κ3) is 4.12. The first-order valence-corrected chi connectivity index (χ1v) is 11.2. The largest absolute Gasteiger partial charge is 0.507 e. The topological polar surface area (TPSA) is 77.8 Å². The Morgan fingerprint density at radius 2 is 1.48 bits per heavy atom. The molecule has 1 amide bonds. The van der Waals surface area contributed by atoms with Gasteiger partial charge in [-0.25, -0.2) is 0 Å². The number of aliphatic hydroxyl groups excluding tert-OH is 1. The van der Waals surface area contributed by atoms with Gasteiger partial charge in [0.1, 0.15) is 11.5 Å². The van der Waals surface area contributed by atoms with Crippen LogP contribution in [0.1, 0.15) is 42.1 Å². The van der Waals surface area contributed by atoms with Gasteiger partial charge >= 0.3 is 0 Å². The molecule has 33 heavy (non-hydrogen) atoms. The molecule has 6 heteroatoms. The number of phenols is 1. The number of rotatable bonds is 5. The number of aryl methyl sites for hydroxylation is 2. The lowest BCUT2D eigenvalue weighted by Crippen LogP contribution is -2.29. The molecule has 1 unspecified atom stereocenters. The van der Waals surface area contributed by atoms with Crippen LogP contribution in [-0.2, 0) is 22.4 Å². The minimum absolute atomic E-state index is 0.0226. The highest BCUT2D eigenvalue weighted by molar-refractivity contribution is 6.51. The van der Waals surface area contributed by atoms with Crippen LogP contribution < -0.4 is 4.90 Å². The van der Waals surface area contributed by atoms with Crippen molar-refractivity contribution in [3.63, 3.8) is 0 Å². The van der Waals surface area contributed by atoms with Gasteiger partial charge in [-0.1, -0.05) is 67.9 Å². The maximum absolute atomic E-state index is 13.2. The second-order valence-electron chi connectivity index (χ2n) is 7.95. The minimum atomic E-state index is -0.901. The molecule has 0 aliphatic carbocycles. The molecule has 1 saturated heterocycles. The van der Waals surface area contributed by atoms with Gasteiger partial charge in [0.15, 0.2) is 0 Å². The number of benzene rings is 3. The van der Waals surface area contributed by atoms with Crippen molar-refractivity contribution < 1.29 is 19.8 Å². The molecule has 0 aromatic heterocycles. The third-order valence-electron chi connectivity index (χ3n) is 5.99. The molecule has 2 N–H and O–H groups in total. The van der Waals surface area contributed by atoms with Gasteiger partial charge in [0.2, 0.25) is 0 Å². The minimum Gasteiger partial charge on any atom is -0.507 e. The van der Waals surface area contributed by atoms with Crippen molar-refractivity contribution in [1.29, 1.82) is 0 Å². The number of anilines is 1. The van der Waals surface area contributed by atoms with Crippen molar-refractivity contribution in [2.75, 3.05) is 4.90 Å². The summed E-state index contributed by atoms with van der Waals surface area (Å²) in [5.41, 5.74) is 3.64. The highest BCUT2D eigenvalue weighted by atomic mass is 35.5. The quantitative estimate of drug-likeness (QED) is 0.286. The van der Waals surface area contributed by atoms with E-state index in [0.717, 1.165) is 24.0 Å². The van der Waals surface area contributed by atoms with Gasteiger partial charge < -0.3 is 10.2 Å². The molecule has 0 saturated carbocycles. The van der Waals surface area contributed by atoms with Crippen molar-refractivity contribution in [3.05, 3.63) is 99.6 Å². The molecule has 1 heterocycles. The first-order chi connectivity index (χ1) is 15.8. The highest BCUT2D eigenvalue weighted by Gasteiger charge is 2.47. The fraction of sp³-hybridized carbons (Fsp3) is 0.185. The summed E-state index contributed by atoms with van der Waals surface area (Å²) in [5, 5.41) is 21.2. The van der Waals surface area contributed by atoms with E-state index in [1.807, 2.05) is 38.1 Å². The number of carbonyl (C=O) groups excluding carboxylic acids is 2. The standard InChI is InChI=1S/C27H24ClNO4/c1-3-16-5-9-18(10-6-16)25(31)23-24(19-11-14-22(30)21(28)15-19)29(27(33)26(23)32)20-12-7-17(4-2)8-13-20/h5-15,24,30-31H,3-4H2,1-2H3/b25-23-. The zero-order valence-corrected chi connectivity index (χ0v) is 19.1. The van der Waals surface area contributed by atoms with E-state index in [1.165, 1.54) is 17.0 Å². The van der Waals surface area contributed by atoms with Crippen molar-refractivity contribution >= 4 is 34.7 Å². The zero-order chi connectivity index (χ0) is 23.7. The SMILES string of the molecule is CCc1ccc(/C(O)=C2/C(=O)C(=O)N(c3ccc(CC)cc3)C2c2ccc(O)c(Cl)c2)cc1. The molecule has 3 aromatic carbocycles. The first kappa shape index (κ1) is 22.6. The van der Waals surface area contributed by atoms with E-state index in [9.17, 15) is 19.8 Å². The molecule has 168 valence electrons. The lowest BCUT2D eigenvalue weighted by atomic mass is 9.94. The van der Waals surface area contributed by atoms with Gasteiger partial charge in [0.25, 0.3) is 11.7 Å². The summed E-state index contributed by atoms with van der Waals surface area (Å²) in [7, 11) is 0. The number of aromatic hydroxyl groups is 1. The van der Waals surface area contributed by atoms with E-state index < -0.39 is 17.7 Å². The Hall–Kier alpha value is -3.57. The maximum Gasteiger partial charge on any atom is 0.300 e. The average Bonchev–Trinajstić information content (AvgIpc) is 3.11. The Kier molecular flexibility index (Phi) is 6.25. The lowest BCUT2D eigenvalue weighted by Gasteiger charge is -2.26. The van der Waals surface area contributed by atoms with Crippen LogP contribution in [0.25, 0.3) is 5.76 Å². The van der Waals surface area contributed by atoms with Crippen LogP contribution in [0.2, 0.25) is 5.02 Å². The summed E-state index contributed by atoms with van der Waals surface area (Å²) in [6.07, 6.45) is 1.68. The molecule has 1 atom stereocenters. The van der Waals surface area contributed by atoms with Crippen LogP contribution in [-0.4, -0.2) is 21.9 Å². The molecular formula is C27H24ClNO4. The summed E-state index contributed by atoms with van der Waals surface area (Å²) in [5.74, 6) is -1.88. The maximum atomic E-state index is 13.2. The Balaban J connectivity index is 1.92. The van der Waals surface area contributed by atoms with Crippen molar-refractivity contribution in [3.8, 4) is 5.75 Å². The molecule has 4 rings (SSSR count). The van der Waals surface area contributed by atoms with Crippen LogP contribution in [0.15, 0.2) is 72.3 Å². The predicted octanol–water partition coefficient (Wildman–Crippen LogP) is 5.80. The van der Waals surface area contributed by atoms with Gasteiger partial charge in [-0.2, -0.15) is 0 Å². The molecule has 3 aromatic rings. The number of carbonyl (C=O) groups is 2. The molecule has 0 spiro atoms. The van der Waals surface area contributed by atoms with Crippen LogP contribution in [0, 0.1) is 0 Å². The van der Waals surface area contributed by atoms with Crippen LogP contribution in [0.5, 0.6) is 5.75 Å². The first-order valence-electron chi connectivity index (χ1n) is 10.8. The van der Waals surface area contributed by atoms with E-state index in [1.54, 1.807) is 30.3 Å². The van der Waals surface area contributed by atoms with E-state index in [0.29, 0.717) is 16.8 Å². The number of Topliss-reactive ketones (excluding diaryl/α,β-unsaturated/α-hetero) is 1. The Morgan fingerprint density at radius 3 is 2.03 bits per heavy atom. The van der Waals surface area contributed by atoms with E-state index >= 15 is 0 Å². The number of ketones is 1. The van der Waals surface area contributed by atoms with Gasteiger partial charge in [-0.15, -0.1) is 0 Å². The lowest BCUT2D eigenvalue weighted by molar-refractivity contribution is -0.132. The molecular weight excluding hydrogens is 438 g/mol. The number of hydrogen-bond acceptors (Lipinski definition) is 4. The van der Waals surface area contributed by atoms with E-state index in [-0.39, 0.29) is 22.1 Å². The molecule has 5 nitrogen and oxygen atoms in total. The second kappa shape index (κ2) is 9.12. The van der Waals surface area contributed by atoms with Crippen molar-refractivity contribution in [1.82, 2.24) is 0 Å². The summed E-state index contributed by atoms with van der Waals surface area (Å²) >= 11 is 6.16.